The van der Waals surface area contributed by atoms with Gasteiger partial charge < -0.3 is 20.4 Å². The number of hydrogen-bond acceptors (Lipinski definition) is 4. The molecule has 3 rings (SSSR count). The van der Waals surface area contributed by atoms with E-state index in [9.17, 15) is 9.59 Å². The van der Waals surface area contributed by atoms with E-state index < -0.39 is 0 Å². The molecule has 0 radical (unpaired) electrons. The number of carbonyl (C=O) groups excluding carboxylic acids is 2. The average Bonchev–Trinajstić information content (AvgIpc) is 3.36. The van der Waals surface area contributed by atoms with Gasteiger partial charge in [-0.2, -0.15) is 0 Å². The number of aliphatic imine (C=N–C) groups is 1. The van der Waals surface area contributed by atoms with Crippen molar-refractivity contribution in [3.63, 3.8) is 0 Å². The van der Waals surface area contributed by atoms with Gasteiger partial charge in [0.2, 0.25) is 5.91 Å². The predicted molar refractivity (Wildman–Crippen MR) is 143 cm³/mol. The predicted octanol–water partition coefficient (Wildman–Crippen LogP) is 2.01. The lowest BCUT2D eigenvalue weighted by atomic mass is 10.1. The van der Waals surface area contributed by atoms with E-state index in [0.29, 0.717) is 18.0 Å². The second-order valence-corrected chi connectivity index (χ2v) is 8.90. The summed E-state index contributed by atoms with van der Waals surface area (Å²) in [5.74, 6) is 1.42. The van der Waals surface area contributed by atoms with Crippen molar-refractivity contribution >= 4 is 41.8 Å². The lowest BCUT2D eigenvalue weighted by Crippen LogP contribution is -2.51. The summed E-state index contributed by atoms with van der Waals surface area (Å²) in [6.07, 6.45) is 4.57. The second-order valence-electron chi connectivity index (χ2n) is 8.90. The molecule has 0 aromatic heterocycles. The van der Waals surface area contributed by atoms with Crippen LogP contribution in [0.5, 0.6) is 0 Å². The number of nitrogens with zero attached hydrogens (tertiary/aromatic N) is 4. The summed E-state index contributed by atoms with van der Waals surface area (Å²) >= 11 is 0. The first-order valence-electron chi connectivity index (χ1n) is 11.7. The van der Waals surface area contributed by atoms with Gasteiger partial charge in [-0.1, -0.05) is 25.0 Å². The van der Waals surface area contributed by atoms with Crippen molar-refractivity contribution < 1.29 is 9.59 Å². The molecule has 2 amide bonds. The van der Waals surface area contributed by atoms with E-state index in [2.05, 4.69) is 25.4 Å². The number of halogens is 1. The van der Waals surface area contributed by atoms with E-state index in [0.717, 1.165) is 63.6 Å². The Hall–Kier alpha value is -1.88. The van der Waals surface area contributed by atoms with E-state index in [4.69, 9.17) is 0 Å². The number of hydrogen-bond donors (Lipinski definition) is 2. The Kier molecular flexibility index (Phi) is 11.4. The largest absolute Gasteiger partial charge is 0.355 e. The minimum Gasteiger partial charge on any atom is -0.355 e. The molecule has 1 saturated carbocycles. The molecule has 0 atom stereocenters. The summed E-state index contributed by atoms with van der Waals surface area (Å²) in [7, 11) is 5.27. The minimum absolute atomic E-state index is 0. The molecule has 1 heterocycles. The fraction of sp³-hybridized carbons (Fsp3) is 0.625. The van der Waals surface area contributed by atoms with Gasteiger partial charge >= 0.3 is 0 Å². The first-order chi connectivity index (χ1) is 15.5. The molecule has 184 valence electrons. The monoisotopic (exact) mass is 570 g/mol. The summed E-state index contributed by atoms with van der Waals surface area (Å²) in [6, 6.07) is 7.63. The van der Waals surface area contributed by atoms with Crippen LogP contribution < -0.4 is 10.6 Å². The van der Waals surface area contributed by atoms with Crippen LogP contribution in [0.4, 0.5) is 0 Å². The van der Waals surface area contributed by atoms with Crippen molar-refractivity contribution in [3.8, 4) is 0 Å². The number of rotatable bonds is 7. The highest BCUT2D eigenvalue weighted by Gasteiger charge is 2.29. The zero-order valence-corrected chi connectivity index (χ0v) is 22.5. The molecule has 1 aliphatic carbocycles. The Morgan fingerprint density at radius 2 is 1.67 bits per heavy atom. The average molecular weight is 571 g/mol. The molecule has 2 aliphatic rings. The van der Waals surface area contributed by atoms with Crippen LogP contribution in [-0.4, -0.2) is 92.9 Å². The number of amides is 2. The fourth-order valence-electron chi connectivity index (χ4n) is 4.39. The Morgan fingerprint density at radius 3 is 2.24 bits per heavy atom. The van der Waals surface area contributed by atoms with Crippen LogP contribution in [0.1, 0.15) is 41.6 Å². The van der Waals surface area contributed by atoms with Gasteiger partial charge in [-0.25, -0.2) is 0 Å². The second kappa shape index (κ2) is 13.7. The molecule has 0 spiro atoms. The molecular weight excluding hydrogens is 531 g/mol. The molecule has 1 aromatic rings. The summed E-state index contributed by atoms with van der Waals surface area (Å²) in [5, 5.41) is 6.69. The molecule has 1 aliphatic heterocycles. The smallest absolute Gasteiger partial charge is 0.253 e. The normalized spacial score (nSPS) is 17.4. The van der Waals surface area contributed by atoms with Crippen LogP contribution in [0.15, 0.2) is 29.3 Å². The summed E-state index contributed by atoms with van der Waals surface area (Å²) in [4.78, 5) is 34.9. The zero-order chi connectivity index (χ0) is 22.9. The van der Waals surface area contributed by atoms with Crippen LogP contribution in [0, 0.1) is 5.92 Å². The number of guanidine groups is 1. The zero-order valence-electron chi connectivity index (χ0n) is 20.2. The van der Waals surface area contributed by atoms with E-state index >= 15 is 0 Å². The van der Waals surface area contributed by atoms with Gasteiger partial charge in [0.15, 0.2) is 5.96 Å². The van der Waals surface area contributed by atoms with E-state index in [1.54, 1.807) is 26.0 Å². The Morgan fingerprint density at radius 1 is 1.03 bits per heavy atom. The molecule has 1 aromatic carbocycles. The number of piperazine rings is 1. The van der Waals surface area contributed by atoms with Crippen molar-refractivity contribution in [1.82, 2.24) is 25.3 Å². The molecule has 0 bridgehead atoms. The number of carbonyl (C=O) groups is 2. The third-order valence-corrected chi connectivity index (χ3v) is 6.40. The van der Waals surface area contributed by atoms with Crippen molar-refractivity contribution in [1.29, 1.82) is 0 Å². The topological polar surface area (TPSA) is 80.3 Å². The maximum atomic E-state index is 12.6. The highest BCUT2D eigenvalue weighted by molar-refractivity contribution is 14.0. The van der Waals surface area contributed by atoms with Crippen molar-refractivity contribution in [2.24, 2.45) is 10.9 Å². The third-order valence-electron chi connectivity index (χ3n) is 6.40. The Labute approximate surface area is 215 Å². The van der Waals surface area contributed by atoms with E-state index in [1.807, 2.05) is 24.3 Å². The summed E-state index contributed by atoms with van der Waals surface area (Å²) < 4.78 is 0. The van der Waals surface area contributed by atoms with Crippen LogP contribution in [0.25, 0.3) is 0 Å². The van der Waals surface area contributed by atoms with Crippen LogP contribution in [0.3, 0.4) is 0 Å². The first kappa shape index (κ1) is 27.4. The van der Waals surface area contributed by atoms with E-state index in [1.165, 1.54) is 12.8 Å². The van der Waals surface area contributed by atoms with Gasteiger partial charge in [-0.05, 0) is 30.5 Å². The van der Waals surface area contributed by atoms with Gasteiger partial charge in [-0.3, -0.25) is 19.5 Å². The molecule has 9 heteroatoms. The quantitative estimate of drug-likeness (QED) is 0.298. The van der Waals surface area contributed by atoms with Gasteiger partial charge in [0.1, 0.15) is 0 Å². The van der Waals surface area contributed by atoms with Gasteiger partial charge in [-0.15, -0.1) is 24.0 Å². The maximum absolute atomic E-state index is 12.6. The summed E-state index contributed by atoms with van der Waals surface area (Å²) in [5.41, 5.74) is 1.78. The van der Waals surface area contributed by atoms with Crippen molar-refractivity contribution in [2.45, 2.75) is 32.2 Å². The lowest BCUT2D eigenvalue weighted by Gasteiger charge is -2.36. The molecular formula is C24H39IN6O2. The van der Waals surface area contributed by atoms with Gasteiger partial charge in [0.05, 0.1) is 0 Å². The molecule has 33 heavy (non-hydrogen) atoms. The number of benzene rings is 1. The maximum Gasteiger partial charge on any atom is 0.253 e. The third kappa shape index (κ3) is 8.13. The van der Waals surface area contributed by atoms with Crippen LogP contribution >= 0.6 is 24.0 Å². The van der Waals surface area contributed by atoms with Crippen molar-refractivity contribution in [2.75, 3.05) is 60.4 Å². The van der Waals surface area contributed by atoms with Crippen LogP contribution in [-0.2, 0) is 11.3 Å². The fourth-order valence-corrected chi connectivity index (χ4v) is 4.39. The summed E-state index contributed by atoms with van der Waals surface area (Å²) in [6.45, 7) is 5.91. The highest BCUT2D eigenvalue weighted by atomic mass is 127. The molecule has 1 saturated heterocycles. The molecule has 0 unspecified atom stereocenters. The highest BCUT2D eigenvalue weighted by Crippen LogP contribution is 2.26. The molecule has 8 nitrogen and oxygen atoms in total. The molecule has 2 N–H and O–H groups in total. The standard InChI is InChI=1S/C24H38N6O2.HI/c1-25-24(27-18-19-8-10-21(11-9-19)22(31)28(2)3)26-12-13-29-14-16-30(17-15-29)23(32)20-6-4-5-7-20;/h8-11,20H,4-7,12-18H2,1-3H3,(H2,25,26,27);1H. The first-order valence-corrected chi connectivity index (χ1v) is 11.7. The van der Waals surface area contributed by atoms with E-state index in [-0.39, 0.29) is 35.8 Å². The number of nitrogens with one attached hydrogen (secondary N) is 2. The van der Waals surface area contributed by atoms with Gasteiger partial charge in [0, 0.05) is 78.4 Å². The Balaban J connectivity index is 0.00000385. The Bertz CT molecular complexity index is 785. The lowest BCUT2D eigenvalue weighted by molar-refractivity contribution is -0.137. The van der Waals surface area contributed by atoms with Gasteiger partial charge in [0.25, 0.3) is 5.91 Å². The minimum atomic E-state index is 0. The SMILES string of the molecule is CN=C(NCCN1CCN(C(=O)C2CCCC2)CC1)NCc1ccc(C(=O)N(C)C)cc1.I. The van der Waals surface area contributed by atoms with Crippen LogP contribution in [0.2, 0.25) is 0 Å². The molecule has 2 fully saturated rings. The van der Waals surface area contributed by atoms with Crippen molar-refractivity contribution in [3.05, 3.63) is 35.4 Å².